The highest BCUT2D eigenvalue weighted by Gasteiger charge is 2.22. The molecule has 0 N–H and O–H groups in total. The fourth-order valence-corrected chi connectivity index (χ4v) is 3.75. The summed E-state index contributed by atoms with van der Waals surface area (Å²) < 4.78 is 5.75. The lowest BCUT2D eigenvalue weighted by Gasteiger charge is -2.35. The van der Waals surface area contributed by atoms with Crippen LogP contribution in [0.25, 0.3) is 11.3 Å². The molecule has 0 radical (unpaired) electrons. The first kappa shape index (κ1) is 20.8. The van der Waals surface area contributed by atoms with Crippen molar-refractivity contribution in [2.75, 3.05) is 37.7 Å². The molecule has 6 heteroatoms. The van der Waals surface area contributed by atoms with Crippen LogP contribution in [0.1, 0.15) is 16.7 Å². The number of benzene rings is 2. The van der Waals surface area contributed by atoms with Crippen LogP contribution in [0.5, 0.6) is 5.75 Å². The summed E-state index contributed by atoms with van der Waals surface area (Å²) >= 11 is 0. The lowest BCUT2D eigenvalue weighted by molar-refractivity contribution is -0.133. The summed E-state index contributed by atoms with van der Waals surface area (Å²) in [5.74, 6) is 1.62. The van der Waals surface area contributed by atoms with Crippen LogP contribution >= 0.6 is 0 Å². The Morgan fingerprint density at radius 3 is 2.23 bits per heavy atom. The van der Waals surface area contributed by atoms with Gasteiger partial charge in [0.05, 0.1) is 5.69 Å². The maximum atomic E-state index is 12.6. The Balaban J connectivity index is 1.29. The molecule has 4 rings (SSSR count). The average Bonchev–Trinajstić information content (AvgIpc) is 2.79. The summed E-state index contributed by atoms with van der Waals surface area (Å²) in [6, 6.07) is 18.3. The third-order valence-corrected chi connectivity index (χ3v) is 5.64. The van der Waals surface area contributed by atoms with Gasteiger partial charge in [0.25, 0.3) is 5.91 Å². The monoisotopic (exact) mass is 416 g/mol. The van der Waals surface area contributed by atoms with Gasteiger partial charge >= 0.3 is 0 Å². The van der Waals surface area contributed by atoms with Crippen LogP contribution in [0.4, 0.5) is 5.82 Å². The third-order valence-electron chi connectivity index (χ3n) is 5.64. The number of carbonyl (C=O) groups is 1. The summed E-state index contributed by atoms with van der Waals surface area (Å²) in [5, 5.41) is 8.80. The van der Waals surface area contributed by atoms with Gasteiger partial charge in [0.2, 0.25) is 0 Å². The van der Waals surface area contributed by atoms with Crippen molar-refractivity contribution in [2.45, 2.75) is 20.8 Å². The number of carbonyl (C=O) groups excluding carboxylic acids is 1. The van der Waals surface area contributed by atoms with Crippen molar-refractivity contribution in [1.29, 1.82) is 0 Å². The van der Waals surface area contributed by atoms with Gasteiger partial charge in [-0.05, 0) is 44.5 Å². The van der Waals surface area contributed by atoms with E-state index < -0.39 is 0 Å². The van der Waals surface area contributed by atoms with E-state index in [4.69, 9.17) is 4.74 Å². The normalized spacial score (nSPS) is 13.9. The van der Waals surface area contributed by atoms with E-state index >= 15 is 0 Å². The van der Waals surface area contributed by atoms with Crippen molar-refractivity contribution >= 4 is 11.7 Å². The zero-order valence-corrected chi connectivity index (χ0v) is 18.3. The first-order valence-electron chi connectivity index (χ1n) is 10.6. The van der Waals surface area contributed by atoms with Gasteiger partial charge in [-0.25, -0.2) is 0 Å². The van der Waals surface area contributed by atoms with Crippen LogP contribution in [0.3, 0.4) is 0 Å². The first-order valence-corrected chi connectivity index (χ1v) is 10.6. The Morgan fingerprint density at radius 1 is 0.871 bits per heavy atom. The van der Waals surface area contributed by atoms with Gasteiger partial charge in [-0.1, -0.05) is 47.5 Å². The highest BCUT2D eigenvalue weighted by molar-refractivity contribution is 5.78. The van der Waals surface area contributed by atoms with Crippen LogP contribution in [-0.4, -0.2) is 53.8 Å². The van der Waals surface area contributed by atoms with Crippen LogP contribution in [-0.2, 0) is 4.79 Å². The molecule has 0 bridgehead atoms. The van der Waals surface area contributed by atoms with Gasteiger partial charge in [0.1, 0.15) is 5.75 Å². The minimum atomic E-state index is 0.0143. The number of amides is 1. The van der Waals surface area contributed by atoms with Gasteiger partial charge in [-0.3, -0.25) is 4.79 Å². The van der Waals surface area contributed by atoms with E-state index in [1.54, 1.807) is 0 Å². The Hall–Kier alpha value is -3.41. The number of hydrogen-bond acceptors (Lipinski definition) is 5. The second-order valence-corrected chi connectivity index (χ2v) is 8.07. The molecule has 1 aromatic heterocycles. The van der Waals surface area contributed by atoms with Crippen molar-refractivity contribution < 1.29 is 9.53 Å². The first-order chi connectivity index (χ1) is 15.0. The lowest BCUT2D eigenvalue weighted by atomic mass is 10.1. The molecular formula is C25H28N4O2. The second kappa shape index (κ2) is 9.16. The standard InChI is InChI=1S/C25H28N4O2/c1-18-4-7-21(8-5-18)22-9-11-24(27-26-22)28-12-14-29(15-13-28)25(30)17-31-23-10-6-19(2)16-20(23)3/h4-11,16H,12-15,17H2,1-3H3. The number of nitrogens with zero attached hydrogens (tertiary/aromatic N) is 4. The highest BCUT2D eigenvalue weighted by Crippen LogP contribution is 2.21. The van der Waals surface area contributed by atoms with Gasteiger partial charge < -0.3 is 14.5 Å². The van der Waals surface area contributed by atoms with E-state index in [1.165, 1.54) is 11.1 Å². The molecule has 6 nitrogen and oxygen atoms in total. The molecule has 1 amide bonds. The summed E-state index contributed by atoms with van der Waals surface area (Å²) in [4.78, 5) is 16.6. The Labute approximate surface area is 183 Å². The zero-order valence-electron chi connectivity index (χ0n) is 18.3. The molecule has 1 fully saturated rings. The Bertz CT molecular complexity index is 1040. The molecule has 3 aromatic rings. The van der Waals surface area contributed by atoms with Crippen LogP contribution in [0.2, 0.25) is 0 Å². The summed E-state index contributed by atoms with van der Waals surface area (Å²) in [7, 11) is 0. The molecule has 0 unspecified atom stereocenters. The van der Waals surface area contributed by atoms with Crippen molar-refractivity contribution in [3.8, 4) is 17.0 Å². The number of hydrogen-bond donors (Lipinski definition) is 0. The quantitative estimate of drug-likeness (QED) is 0.633. The van der Waals surface area contributed by atoms with E-state index in [1.807, 2.05) is 43.0 Å². The molecular weight excluding hydrogens is 388 g/mol. The van der Waals surface area contributed by atoms with Crippen molar-refractivity contribution in [2.24, 2.45) is 0 Å². The smallest absolute Gasteiger partial charge is 0.260 e. The number of aryl methyl sites for hydroxylation is 3. The zero-order chi connectivity index (χ0) is 21.8. The SMILES string of the molecule is Cc1ccc(-c2ccc(N3CCN(C(=O)COc4ccc(C)cc4C)CC3)nn2)cc1. The maximum absolute atomic E-state index is 12.6. The van der Waals surface area contributed by atoms with Gasteiger partial charge in [-0.2, -0.15) is 0 Å². The topological polar surface area (TPSA) is 58.6 Å². The molecule has 0 aliphatic carbocycles. The Morgan fingerprint density at radius 2 is 1.58 bits per heavy atom. The molecule has 0 saturated carbocycles. The molecule has 1 aliphatic rings. The van der Waals surface area contributed by atoms with E-state index in [0.717, 1.165) is 41.5 Å². The number of anilines is 1. The van der Waals surface area contributed by atoms with Crippen molar-refractivity contribution in [3.05, 3.63) is 71.3 Å². The summed E-state index contributed by atoms with van der Waals surface area (Å²) in [5.41, 5.74) is 5.37. The van der Waals surface area contributed by atoms with E-state index in [2.05, 4.69) is 52.4 Å². The minimum absolute atomic E-state index is 0.0143. The largest absolute Gasteiger partial charge is 0.484 e. The average molecular weight is 417 g/mol. The van der Waals surface area contributed by atoms with Crippen molar-refractivity contribution in [3.63, 3.8) is 0 Å². The number of ether oxygens (including phenoxy) is 1. The summed E-state index contributed by atoms with van der Waals surface area (Å²) in [6.07, 6.45) is 0. The lowest BCUT2D eigenvalue weighted by Crippen LogP contribution is -2.50. The molecule has 2 heterocycles. The highest BCUT2D eigenvalue weighted by atomic mass is 16.5. The fraction of sp³-hybridized carbons (Fsp3) is 0.320. The minimum Gasteiger partial charge on any atom is -0.484 e. The second-order valence-electron chi connectivity index (χ2n) is 8.07. The summed E-state index contributed by atoms with van der Waals surface area (Å²) in [6.45, 7) is 8.93. The van der Waals surface area contributed by atoms with Crippen molar-refractivity contribution in [1.82, 2.24) is 15.1 Å². The van der Waals surface area contributed by atoms with Crippen LogP contribution in [0.15, 0.2) is 54.6 Å². The molecule has 31 heavy (non-hydrogen) atoms. The van der Waals surface area contributed by atoms with Crippen LogP contribution in [0, 0.1) is 20.8 Å². The molecule has 0 spiro atoms. The molecule has 1 aliphatic heterocycles. The van der Waals surface area contributed by atoms with E-state index in [0.29, 0.717) is 13.1 Å². The fourth-order valence-electron chi connectivity index (χ4n) is 3.75. The van der Waals surface area contributed by atoms with E-state index in [-0.39, 0.29) is 12.5 Å². The molecule has 1 saturated heterocycles. The molecule has 160 valence electrons. The number of aromatic nitrogens is 2. The van der Waals surface area contributed by atoms with Gasteiger partial charge in [0.15, 0.2) is 12.4 Å². The predicted octanol–water partition coefficient (Wildman–Crippen LogP) is 3.80. The number of piperazine rings is 1. The van der Waals surface area contributed by atoms with Gasteiger partial charge in [0, 0.05) is 31.7 Å². The molecule has 2 aromatic carbocycles. The molecule has 0 atom stereocenters. The predicted molar refractivity (Wildman–Crippen MR) is 122 cm³/mol. The van der Waals surface area contributed by atoms with Crippen LogP contribution < -0.4 is 9.64 Å². The number of rotatable bonds is 5. The Kier molecular flexibility index (Phi) is 6.16. The van der Waals surface area contributed by atoms with E-state index in [9.17, 15) is 4.79 Å². The third kappa shape index (κ3) is 5.02. The van der Waals surface area contributed by atoms with Gasteiger partial charge in [-0.15, -0.1) is 10.2 Å². The maximum Gasteiger partial charge on any atom is 0.260 e.